The Bertz CT molecular complexity index is 796. The van der Waals surface area contributed by atoms with Crippen LogP contribution in [0.5, 0.6) is 0 Å². The SMILES string of the molecule is CCNC(=NCC(O)c1ccncc1)N1CCN(c2cnn(C)c2)C(=O)C1.I. The molecule has 1 unspecified atom stereocenters. The molecule has 0 spiro atoms. The monoisotopic (exact) mass is 499 g/mol. The molecule has 0 radical (unpaired) electrons. The van der Waals surface area contributed by atoms with E-state index in [1.165, 1.54) is 0 Å². The topological polar surface area (TPSA) is 98.9 Å². The quantitative estimate of drug-likeness (QED) is 0.359. The van der Waals surface area contributed by atoms with Crippen molar-refractivity contribution in [2.24, 2.45) is 12.0 Å². The number of nitrogens with zero attached hydrogens (tertiary/aromatic N) is 6. The lowest BCUT2D eigenvalue weighted by Crippen LogP contribution is -2.55. The van der Waals surface area contributed by atoms with Gasteiger partial charge < -0.3 is 20.2 Å². The van der Waals surface area contributed by atoms with Crippen LogP contribution in [0.3, 0.4) is 0 Å². The Hall–Kier alpha value is -2.21. The number of anilines is 1. The molecule has 1 saturated heterocycles. The van der Waals surface area contributed by atoms with Crippen LogP contribution in [0.2, 0.25) is 0 Å². The van der Waals surface area contributed by atoms with Crippen molar-refractivity contribution >= 4 is 41.5 Å². The van der Waals surface area contributed by atoms with Gasteiger partial charge in [0, 0.05) is 45.3 Å². The molecule has 2 N–H and O–H groups in total. The largest absolute Gasteiger partial charge is 0.386 e. The fourth-order valence-electron chi connectivity index (χ4n) is 2.96. The maximum atomic E-state index is 12.6. The Morgan fingerprint density at radius 1 is 1.36 bits per heavy atom. The summed E-state index contributed by atoms with van der Waals surface area (Å²) < 4.78 is 1.68. The standard InChI is InChI=1S/C18H25N7O2.HI/c1-3-20-18(21-11-16(26)14-4-6-19-7-5-14)24-8-9-25(17(27)13-24)15-10-22-23(2)12-15;/h4-7,10,12,16,26H,3,8-9,11,13H2,1-2H3,(H,20,21);1H. The van der Waals surface area contributed by atoms with Crippen molar-refractivity contribution in [3.63, 3.8) is 0 Å². The molecule has 0 saturated carbocycles. The van der Waals surface area contributed by atoms with E-state index in [0.29, 0.717) is 25.6 Å². The molecule has 2 aromatic heterocycles. The summed E-state index contributed by atoms with van der Waals surface area (Å²) in [4.78, 5) is 24.7. The van der Waals surface area contributed by atoms with Crippen LogP contribution in [0.1, 0.15) is 18.6 Å². The second-order valence-corrected chi connectivity index (χ2v) is 6.33. The number of aliphatic hydroxyl groups excluding tert-OH is 1. The van der Waals surface area contributed by atoms with E-state index < -0.39 is 6.10 Å². The van der Waals surface area contributed by atoms with Crippen molar-refractivity contribution in [2.45, 2.75) is 13.0 Å². The highest BCUT2D eigenvalue weighted by Gasteiger charge is 2.27. The molecule has 2 aromatic rings. The Labute approximate surface area is 181 Å². The average molecular weight is 499 g/mol. The van der Waals surface area contributed by atoms with Crippen LogP contribution in [0.15, 0.2) is 41.9 Å². The third-order valence-corrected chi connectivity index (χ3v) is 4.36. The summed E-state index contributed by atoms with van der Waals surface area (Å²) >= 11 is 0. The molecule has 1 fully saturated rings. The van der Waals surface area contributed by atoms with Crippen LogP contribution in [-0.2, 0) is 11.8 Å². The van der Waals surface area contributed by atoms with Crippen molar-refractivity contribution in [1.82, 2.24) is 25.0 Å². The molecule has 3 heterocycles. The molecular weight excluding hydrogens is 473 g/mol. The van der Waals surface area contributed by atoms with E-state index >= 15 is 0 Å². The van der Waals surface area contributed by atoms with E-state index in [1.54, 1.807) is 40.3 Å². The summed E-state index contributed by atoms with van der Waals surface area (Å²) in [7, 11) is 1.83. The number of amides is 1. The Kier molecular flexibility index (Phi) is 8.18. The van der Waals surface area contributed by atoms with Gasteiger partial charge in [0.05, 0.1) is 24.5 Å². The van der Waals surface area contributed by atoms with Gasteiger partial charge in [-0.25, -0.2) is 0 Å². The molecule has 28 heavy (non-hydrogen) atoms. The first-order valence-corrected chi connectivity index (χ1v) is 8.98. The number of halogens is 1. The number of aryl methyl sites for hydroxylation is 1. The van der Waals surface area contributed by atoms with E-state index in [2.05, 4.69) is 20.4 Å². The minimum Gasteiger partial charge on any atom is -0.386 e. The predicted molar refractivity (Wildman–Crippen MR) is 118 cm³/mol. The van der Waals surface area contributed by atoms with Crippen LogP contribution in [0.4, 0.5) is 5.69 Å². The van der Waals surface area contributed by atoms with E-state index in [4.69, 9.17) is 0 Å². The zero-order valence-electron chi connectivity index (χ0n) is 16.0. The van der Waals surface area contributed by atoms with Gasteiger partial charge in [0.15, 0.2) is 5.96 Å². The summed E-state index contributed by atoms with van der Waals surface area (Å²) in [6.45, 7) is 4.30. The molecule has 1 aliphatic rings. The number of nitrogens with one attached hydrogen (secondary N) is 1. The van der Waals surface area contributed by atoms with Crippen molar-refractivity contribution in [3.8, 4) is 0 Å². The molecule has 0 bridgehead atoms. The van der Waals surface area contributed by atoms with Crippen molar-refractivity contribution in [3.05, 3.63) is 42.5 Å². The van der Waals surface area contributed by atoms with Gasteiger partial charge >= 0.3 is 0 Å². The van der Waals surface area contributed by atoms with Crippen LogP contribution < -0.4 is 10.2 Å². The fraction of sp³-hybridized carbons (Fsp3) is 0.444. The highest BCUT2D eigenvalue weighted by molar-refractivity contribution is 14.0. The lowest BCUT2D eigenvalue weighted by Gasteiger charge is -2.35. The summed E-state index contributed by atoms with van der Waals surface area (Å²) in [5, 5.41) is 17.6. The van der Waals surface area contributed by atoms with Crippen LogP contribution in [-0.4, -0.2) is 69.4 Å². The number of aromatic nitrogens is 3. The Morgan fingerprint density at radius 2 is 2.11 bits per heavy atom. The first-order chi connectivity index (χ1) is 13.1. The number of carbonyl (C=O) groups excluding carboxylic acids is 1. The number of pyridine rings is 1. The highest BCUT2D eigenvalue weighted by Crippen LogP contribution is 2.16. The van der Waals surface area contributed by atoms with Crippen molar-refractivity contribution in [2.75, 3.05) is 37.6 Å². The predicted octanol–water partition coefficient (Wildman–Crippen LogP) is 0.781. The number of hydrogen-bond acceptors (Lipinski definition) is 5. The first kappa shape index (κ1) is 22.1. The zero-order chi connectivity index (χ0) is 19.2. The lowest BCUT2D eigenvalue weighted by atomic mass is 10.1. The molecule has 152 valence electrons. The molecule has 10 heteroatoms. The molecular formula is C18H26IN7O2. The molecule has 1 aliphatic heterocycles. The second kappa shape index (κ2) is 10.4. The number of aliphatic imine (C=N–C) groups is 1. The summed E-state index contributed by atoms with van der Waals surface area (Å²) in [5.41, 5.74) is 1.57. The number of rotatable bonds is 5. The summed E-state index contributed by atoms with van der Waals surface area (Å²) in [5.74, 6) is 0.624. The summed E-state index contributed by atoms with van der Waals surface area (Å²) in [6, 6.07) is 3.53. The second-order valence-electron chi connectivity index (χ2n) is 6.33. The van der Waals surface area contributed by atoms with Crippen LogP contribution in [0, 0.1) is 0 Å². The van der Waals surface area contributed by atoms with Gasteiger partial charge in [-0.2, -0.15) is 5.10 Å². The molecule has 9 nitrogen and oxygen atoms in total. The minimum absolute atomic E-state index is 0. The lowest BCUT2D eigenvalue weighted by molar-refractivity contribution is -0.120. The molecule has 1 amide bonds. The van der Waals surface area contributed by atoms with Gasteiger partial charge in [-0.3, -0.25) is 19.5 Å². The number of hydrogen-bond donors (Lipinski definition) is 2. The molecule has 0 aromatic carbocycles. The van der Waals surface area contributed by atoms with Gasteiger partial charge in [-0.1, -0.05) is 0 Å². The number of aliphatic hydroxyl groups is 1. The average Bonchev–Trinajstić information content (AvgIpc) is 3.11. The van der Waals surface area contributed by atoms with Crippen LogP contribution in [0.25, 0.3) is 0 Å². The number of carbonyl (C=O) groups is 1. The van der Waals surface area contributed by atoms with E-state index in [9.17, 15) is 9.90 Å². The minimum atomic E-state index is -0.714. The third-order valence-electron chi connectivity index (χ3n) is 4.36. The molecule has 0 aliphatic carbocycles. The third kappa shape index (κ3) is 5.41. The van der Waals surface area contributed by atoms with Crippen LogP contribution >= 0.6 is 24.0 Å². The van der Waals surface area contributed by atoms with Crippen molar-refractivity contribution < 1.29 is 9.90 Å². The van der Waals surface area contributed by atoms with Crippen molar-refractivity contribution in [1.29, 1.82) is 0 Å². The normalized spacial score (nSPS) is 16.0. The van der Waals surface area contributed by atoms with Gasteiger partial charge in [0.2, 0.25) is 5.91 Å². The van der Waals surface area contributed by atoms with Gasteiger partial charge in [0.25, 0.3) is 0 Å². The molecule has 3 rings (SSSR count). The van der Waals surface area contributed by atoms with Gasteiger partial charge in [0.1, 0.15) is 6.54 Å². The van der Waals surface area contributed by atoms with Gasteiger partial charge in [-0.05, 0) is 24.6 Å². The van der Waals surface area contributed by atoms with Gasteiger partial charge in [-0.15, -0.1) is 24.0 Å². The number of guanidine groups is 1. The van der Waals surface area contributed by atoms with E-state index in [1.807, 2.05) is 25.1 Å². The molecule has 1 atom stereocenters. The smallest absolute Gasteiger partial charge is 0.246 e. The zero-order valence-corrected chi connectivity index (χ0v) is 18.4. The van der Waals surface area contributed by atoms with E-state index in [0.717, 1.165) is 11.3 Å². The maximum Gasteiger partial charge on any atom is 0.246 e. The highest BCUT2D eigenvalue weighted by atomic mass is 127. The Balaban J connectivity index is 0.00000280. The summed E-state index contributed by atoms with van der Waals surface area (Å²) in [6.07, 6.45) is 6.10. The number of piperazine rings is 1. The van der Waals surface area contributed by atoms with E-state index in [-0.39, 0.29) is 43.0 Å². The fourth-order valence-corrected chi connectivity index (χ4v) is 2.96. The first-order valence-electron chi connectivity index (χ1n) is 8.98. The Morgan fingerprint density at radius 3 is 2.71 bits per heavy atom. The maximum absolute atomic E-state index is 12.6.